The maximum absolute atomic E-state index is 12.0. The molecule has 0 unspecified atom stereocenters. The minimum atomic E-state index is -0.614. The smallest absolute Gasteiger partial charge is 0.245 e. The molecule has 0 radical (unpaired) electrons. The molecule has 104 valence electrons. The van der Waals surface area contributed by atoms with Crippen LogP contribution in [0.4, 0.5) is 11.4 Å². The number of rotatable bonds is 3. The second-order valence-electron chi connectivity index (χ2n) is 5.09. The number of benzene rings is 1. The van der Waals surface area contributed by atoms with Crippen LogP contribution in [0.3, 0.4) is 0 Å². The first-order valence-corrected chi connectivity index (χ1v) is 6.55. The topological polar surface area (TPSA) is 67.6 Å². The minimum Gasteiger partial charge on any atom is -0.492 e. The van der Waals surface area contributed by atoms with Crippen LogP contribution >= 0.6 is 0 Å². The molecule has 1 heterocycles. The number of nitrogens with zero attached hydrogens (tertiary/aromatic N) is 1. The van der Waals surface area contributed by atoms with Crippen LogP contribution in [0.5, 0.6) is 5.75 Å². The summed E-state index contributed by atoms with van der Waals surface area (Å²) >= 11 is 0. The molecule has 1 amide bonds. The molecule has 1 aromatic carbocycles. The van der Waals surface area contributed by atoms with Gasteiger partial charge in [0.2, 0.25) is 5.91 Å². The number of nitrogens with two attached hydrogens (primary N) is 1. The first-order valence-electron chi connectivity index (χ1n) is 6.55. The lowest BCUT2D eigenvalue weighted by Gasteiger charge is -2.43. The summed E-state index contributed by atoms with van der Waals surface area (Å²) in [6, 6.07) is 5.68. The van der Waals surface area contributed by atoms with Crippen LogP contribution in [0.1, 0.15) is 20.8 Å². The van der Waals surface area contributed by atoms with Crippen LogP contribution in [-0.4, -0.2) is 31.1 Å². The average molecular weight is 263 g/mol. The highest BCUT2D eigenvalue weighted by molar-refractivity contribution is 5.92. The van der Waals surface area contributed by atoms with Gasteiger partial charge >= 0.3 is 0 Å². The monoisotopic (exact) mass is 263 g/mol. The van der Waals surface area contributed by atoms with Crippen LogP contribution < -0.4 is 20.7 Å². The maximum atomic E-state index is 12.0. The van der Waals surface area contributed by atoms with Gasteiger partial charge in [0.25, 0.3) is 0 Å². The Hall–Kier alpha value is -1.91. The van der Waals surface area contributed by atoms with E-state index < -0.39 is 5.54 Å². The predicted molar refractivity (Wildman–Crippen MR) is 76.5 cm³/mol. The van der Waals surface area contributed by atoms with E-state index >= 15 is 0 Å². The third kappa shape index (κ3) is 2.32. The summed E-state index contributed by atoms with van der Waals surface area (Å²) in [4.78, 5) is 14.0. The van der Waals surface area contributed by atoms with Gasteiger partial charge in [0.1, 0.15) is 11.3 Å². The van der Waals surface area contributed by atoms with E-state index in [0.29, 0.717) is 24.6 Å². The van der Waals surface area contributed by atoms with Crippen molar-refractivity contribution < 1.29 is 9.53 Å². The highest BCUT2D eigenvalue weighted by atomic mass is 16.5. The fourth-order valence-corrected chi connectivity index (χ4v) is 2.37. The van der Waals surface area contributed by atoms with E-state index in [1.54, 1.807) is 0 Å². The number of hydrogen-bond acceptors (Lipinski definition) is 4. The van der Waals surface area contributed by atoms with Crippen molar-refractivity contribution in [2.45, 2.75) is 26.3 Å². The molecule has 1 aromatic rings. The molecule has 0 atom stereocenters. The Morgan fingerprint density at radius 1 is 1.47 bits per heavy atom. The minimum absolute atomic E-state index is 0.0139. The van der Waals surface area contributed by atoms with Crippen molar-refractivity contribution in [3.63, 3.8) is 0 Å². The molecule has 5 heteroatoms. The zero-order valence-corrected chi connectivity index (χ0v) is 11.7. The van der Waals surface area contributed by atoms with Crippen molar-refractivity contribution >= 4 is 17.3 Å². The summed E-state index contributed by atoms with van der Waals surface area (Å²) < 4.78 is 5.51. The Morgan fingerprint density at radius 3 is 2.89 bits per heavy atom. The molecule has 19 heavy (non-hydrogen) atoms. The number of para-hydroxylation sites is 1. The molecule has 1 aliphatic heterocycles. The lowest BCUT2D eigenvalue weighted by molar-refractivity contribution is -0.126. The number of hydrogen-bond donors (Lipinski definition) is 2. The Morgan fingerprint density at radius 2 is 2.21 bits per heavy atom. The Labute approximate surface area is 113 Å². The molecule has 2 rings (SSSR count). The zero-order chi connectivity index (χ0) is 14.0. The van der Waals surface area contributed by atoms with E-state index in [0.717, 1.165) is 12.2 Å². The van der Waals surface area contributed by atoms with Gasteiger partial charge in [-0.25, -0.2) is 0 Å². The molecule has 1 aliphatic rings. The Bertz CT molecular complexity index is 486. The van der Waals surface area contributed by atoms with Crippen molar-refractivity contribution in [3.8, 4) is 5.75 Å². The normalized spacial score (nSPS) is 18.1. The fraction of sp³-hybridized carbons (Fsp3) is 0.500. The van der Waals surface area contributed by atoms with Crippen LogP contribution in [0.2, 0.25) is 0 Å². The Balaban J connectivity index is 2.41. The Kier molecular flexibility index (Phi) is 3.55. The SMILES string of the molecule is CCOc1cccc(N2CCNC(=O)C2(C)C)c1N. The number of amides is 1. The van der Waals surface area contributed by atoms with Crippen molar-refractivity contribution in [3.05, 3.63) is 18.2 Å². The van der Waals surface area contributed by atoms with E-state index in [-0.39, 0.29) is 5.91 Å². The molecular weight excluding hydrogens is 242 g/mol. The van der Waals surface area contributed by atoms with Gasteiger partial charge in [0, 0.05) is 13.1 Å². The van der Waals surface area contributed by atoms with Crippen LogP contribution in [0.15, 0.2) is 18.2 Å². The van der Waals surface area contributed by atoms with Crippen LogP contribution in [-0.2, 0) is 4.79 Å². The number of ether oxygens (including phenoxy) is 1. The third-order valence-corrected chi connectivity index (χ3v) is 3.49. The van der Waals surface area contributed by atoms with Gasteiger partial charge in [-0.1, -0.05) is 6.07 Å². The molecule has 1 saturated heterocycles. The van der Waals surface area contributed by atoms with Crippen LogP contribution in [0.25, 0.3) is 0 Å². The molecule has 3 N–H and O–H groups in total. The fourth-order valence-electron chi connectivity index (χ4n) is 2.37. The second kappa shape index (κ2) is 4.99. The first kappa shape index (κ1) is 13.5. The van der Waals surface area contributed by atoms with E-state index in [4.69, 9.17) is 10.5 Å². The number of carbonyl (C=O) groups excluding carboxylic acids is 1. The molecule has 0 saturated carbocycles. The van der Waals surface area contributed by atoms with Gasteiger partial charge in [-0.3, -0.25) is 4.79 Å². The number of carbonyl (C=O) groups is 1. The number of nitrogen functional groups attached to an aromatic ring is 1. The van der Waals surface area contributed by atoms with Crippen LogP contribution in [0, 0.1) is 0 Å². The molecule has 0 spiro atoms. The van der Waals surface area contributed by atoms with Gasteiger partial charge in [-0.15, -0.1) is 0 Å². The highest BCUT2D eigenvalue weighted by Crippen LogP contribution is 2.36. The number of anilines is 2. The summed E-state index contributed by atoms with van der Waals surface area (Å²) in [7, 11) is 0. The van der Waals surface area contributed by atoms with E-state index in [1.165, 1.54) is 0 Å². The van der Waals surface area contributed by atoms with Crippen molar-refractivity contribution in [2.75, 3.05) is 30.3 Å². The van der Waals surface area contributed by atoms with E-state index in [9.17, 15) is 4.79 Å². The van der Waals surface area contributed by atoms with Gasteiger partial charge < -0.3 is 20.7 Å². The largest absolute Gasteiger partial charge is 0.492 e. The second-order valence-corrected chi connectivity index (χ2v) is 5.09. The third-order valence-electron chi connectivity index (χ3n) is 3.49. The summed E-state index contributed by atoms with van der Waals surface area (Å²) in [5.41, 5.74) is 7.00. The average Bonchev–Trinajstić information content (AvgIpc) is 2.36. The summed E-state index contributed by atoms with van der Waals surface area (Å²) in [5.74, 6) is 0.682. The number of nitrogens with one attached hydrogen (secondary N) is 1. The molecule has 5 nitrogen and oxygen atoms in total. The standard InChI is InChI=1S/C14H21N3O2/c1-4-19-11-7-5-6-10(12(11)15)17-9-8-16-13(18)14(17,2)3/h5-7H,4,8-9,15H2,1-3H3,(H,16,18). The molecule has 0 bridgehead atoms. The number of piperazine rings is 1. The first-order chi connectivity index (χ1) is 8.98. The quantitative estimate of drug-likeness (QED) is 0.809. The van der Waals surface area contributed by atoms with Gasteiger partial charge in [0.05, 0.1) is 18.0 Å². The lowest BCUT2D eigenvalue weighted by Crippen LogP contribution is -2.62. The highest BCUT2D eigenvalue weighted by Gasteiger charge is 2.38. The van der Waals surface area contributed by atoms with Gasteiger partial charge in [0.15, 0.2) is 0 Å². The maximum Gasteiger partial charge on any atom is 0.245 e. The van der Waals surface area contributed by atoms with E-state index in [1.807, 2.05) is 43.9 Å². The molecular formula is C14H21N3O2. The molecule has 0 aromatic heterocycles. The summed E-state index contributed by atoms with van der Waals surface area (Å²) in [5, 5.41) is 2.88. The zero-order valence-electron chi connectivity index (χ0n) is 11.7. The van der Waals surface area contributed by atoms with Gasteiger partial charge in [-0.05, 0) is 32.9 Å². The predicted octanol–water partition coefficient (Wildman–Crippen LogP) is 1.38. The molecule has 1 fully saturated rings. The van der Waals surface area contributed by atoms with E-state index in [2.05, 4.69) is 5.32 Å². The van der Waals surface area contributed by atoms with Crippen molar-refractivity contribution in [1.29, 1.82) is 0 Å². The van der Waals surface area contributed by atoms with Crippen molar-refractivity contribution in [1.82, 2.24) is 5.32 Å². The van der Waals surface area contributed by atoms with Gasteiger partial charge in [-0.2, -0.15) is 0 Å². The summed E-state index contributed by atoms with van der Waals surface area (Å²) in [6.45, 7) is 7.64. The summed E-state index contributed by atoms with van der Waals surface area (Å²) in [6.07, 6.45) is 0. The van der Waals surface area contributed by atoms with Crippen molar-refractivity contribution in [2.24, 2.45) is 0 Å². The molecule has 0 aliphatic carbocycles. The lowest BCUT2D eigenvalue weighted by atomic mass is 9.97.